The average molecular weight is 370 g/mol. The molecule has 2 heterocycles. The molecule has 0 radical (unpaired) electrons. The van der Waals surface area contributed by atoms with Gasteiger partial charge in [0.2, 0.25) is 5.91 Å². The van der Waals surface area contributed by atoms with Gasteiger partial charge in [-0.3, -0.25) is 9.59 Å². The molecule has 1 aromatic carbocycles. The zero-order valence-corrected chi connectivity index (χ0v) is 14.5. The molecule has 8 heteroatoms. The number of benzene rings is 1. The van der Waals surface area contributed by atoms with E-state index < -0.39 is 23.2 Å². The molecule has 2 fully saturated rings. The van der Waals surface area contributed by atoms with Crippen LogP contribution in [0.2, 0.25) is 0 Å². The molecule has 0 aromatic heterocycles. The lowest BCUT2D eigenvalue weighted by Crippen LogP contribution is -2.61. The molecule has 0 N–H and O–H groups in total. The van der Waals surface area contributed by atoms with Crippen LogP contribution < -0.4 is 0 Å². The number of rotatable bonds is 1. The van der Waals surface area contributed by atoms with Crippen LogP contribution in [0.3, 0.4) is 0 Å². The number of hydrogen-bond acceptors (Lipinski definition) is 3. The Morgan fingerprint density at radius 3 is 2.58 bits per heavy atom. The van der Waals surface area contributed by atoms with Gasteiger partial charge in [-0.15, -0.1) is 0 Å². The predicted octanol–water partition coefficient (Wildman–Crippen LogP) is 2.56. The van der Waals surface area contributed by atoms with Gasteiger partial charge in [-0.05, 0) is 31.0 Å². The van der Waals surface area contributed by atoms with Crippen LogP contribution in [0.1, 0.15) is 35.7 Å². The molecule has 2 saturated heterocycles. The first-order chi connectivity index (χ1) is 12.2. The Bertz CT molecular complexity index is 703. The number of ether oxygens (including phenoxy) is 1. The summed E-state index contributed by atoms with van der Waals surface area (Å²) < 4.78 is 44.6. The average Bonchev–Trinajstić information content (AvgIpc) is 2.60. The van der Waals surface area contributed by atoms with Crippen LogP contribution in [0.4, 0.5) is 13.2 Å². The quantitative estimate of drug-likeness (QED) is 0.764. The first kappa shape index (κ1) is 18.7. The van der Waals surface area contributed by atoms with E-state index in [2.05, 4.69) is 0 Å². The number of piperidine rings is 1. The Balaban J connectivity index is 1.77. The lowest BCUT2D eigenvalue weighted by Gasteiger charge is -2.47. The third-order valence-corrected chi connectivity index (χ3v) is 4.96. The van der Waals surface area contributed by atoms with E-state index in [-0.39, 0.29) is 18.0 Å². The molecule has 3 rings (SSSR count). The van der Waals surface area contributed by atoms with E-state index in [0.717, 1.165) is 18.6 Å². The number of nitrogens with zero attached hydrogens (tertiary/aromatic N) is 2. The summed E-state index contributed by atoms with van der Waals surface area (Å²) in [6.07, 6.45) is -3.01. The smallest absolute Gasteiger partial charge is 0.369 e. The highest BCUT2D eigenvalue weighted by Gasteiger charge is 2.42. The zero-order valence-electron chi connectivity index (χ0n) is 14.5. The molecule has 0 saturated carbocycles. The van der Waals surface area contributed by atoms with Crippen LogP contribution >= 0.6 is 0 Å². The molecule has 0 bridgehead atoms. The maximum absolute atomic E-state index is 12.9. The normalized spacial score (nSPS) is 24.0. The van der Waals surface area contributed by atoms with E-state index in [1.807, 2.05) is 0 Å². The van der Waals surface area contributed by atoms with Crippen molar-refractivity contribution in [2.24, 2.45) is 0 Å². The lowest BCUT2D eigenvalue weighted by atomic mass is 9.90. The summed E-state index contributed by atoms with van der Waals surface area (Å²) in [5.41, 5.74) is -1.47. The fraction of sp³-hybridized carbons (Fsp3) is 0.556. The second-order valence-electron chi connectivity index (χ2n) is 6.88. The van der Waals surface area contributed by atoms with Crippen molar-refractivity contribution in [3.8, 4) is 0 Å². The van der Waals surface area contributed by atoms with Gasteiger partial charge in [0.05, 0.1) is 25.3 Å². The number of likely N-dealkylation sites (tertiary alicyclic amines) is 1. The molecular weight excluding hydrogens is 349 g/mol. The minimum atomic E-state index is -4.49. The van der Waals surface area contributed by atoms with E-state index in [1.54, 1.807) is 4.90 Å². The highest BCUT2D eigenvalue weighted by Crippen LogP contribution is 2.32. The Kier molecular flexibility index (Phi) is 4.96. The van der Waals surface area contributed by atoms with Crippen molar-refractivity contribution < 1.29 is 27.5 Å². The Hall–Kier alpha value is -2.09. The third-order valence-electron chi connectivity index (χ3n) is 4.96. The highest BCUT2D eigenvalue weighted by molar-refractivity contribution is 5.94. The topological polar surface area (TPSA) is 49.9 Å². The largest absolute Gasteiger partial charge is 0.416 e. The summed E-state index contributed by atoms with van der Waals surface area (Å²) in [5.74, 6) is -0.493. The van der Waals surface area contributed by atoms with Crippen molar-refractivity contribution in [2.75, 3.05) is 32.8 Å². The van der Waals surface area contributed by atoms with Crippen molar-refractivity contribution in [3.63, 3.8) is 0 Å². The van der Waals surface area contributed by atoms with Crippen molar-refractivity contribution in [1.82, 2.24) is 9.80 Å². The Morgan fingerprint density at radius 1 is 1.15 bits per heavy atom. The van der Waals surface area contributed by atoms with Crippen molar-refractivity contribution in [2.45, 2.75) is 31.5 Å². The summed E-state index contributed by atoms with van der Waals surface area (Å²) >= 11 is 0. The first-order valence-corrected chi connectivity index (χ1v) is 8.56. The van der Waals surface area contributed by atoms with Crippen LogP contribution in [-0.2, 0) is 15.7 Å². The van der Waals surface area contributed by atoms with Crippen LogP contribution in [0.25, 0.3) is 0 Å². The number of carbonyl (C=O) groups is 2. The van der Waals surface area contributed by atoms with Crippen LogP contribution in [0, 0.1) is 0 Å². The molecule has 2 aliphatic heterocycles. The summed E-state index contributed by atoms with van der Waals surface area (Å²) in [6, 6.07) is 4.46. The maximum atomic E-state index is 12.9. The SMILES string of the molecule is CC(=O)N1CCC[C@]2(C1)CN(C(=O)c1cccc(C(F)(F)F)c1)CCO2. The van der Waals surface area contributed by atoms with Gasteiger partial charge in [0.1, 0.15) is 5.60 Å². The molecule has 2 aliphatic rings. The third kappa shape index (κ3) is 3.85. The van der Waals surface area contributed by atoms with Crippen LogP contribution in [0.5, 0.6) is 0 Å². The fourth-order valence-electron chi connectivity index (χ4n) is 3.64. The summed E-state index contributed by atoms with van der Waals surface area (Å²) in [7, 11) is 0. The summed E-state index contributed by atoms with van der Waals surface area (Å²) in [4.78, 5) is 27.6. The van der Waals surface area contributed by atoms with E-state index in [4.69, 9.17) is 4.74 Å². The summed E-state index contributed by atoms with van der Waals surface area (Å²) in [5, 5.41) is 0. The van der Waals surface area contributed by atoms with E-state index in [9.17, 15) is 22.8 Å². The van der Waals surface area contributed by atoms with Gasteiger partial charge in [0, 0.05) is 25.6 Å². The minimum absolute atomic E-state index is 0.0103. The number of morpholine rings is 1. The van der Waals surface area contributed by atoms with Gasteiger partial charge in [0.25, 0.3) is 5.91 Å². The van der Waals surface area contributed by atoms with Crippen molar-refractivity contribution in [3.05, 3.63) is 35.4 Å². The molecule has 2 amide bonds. The summed E-state index contributed by atoms with van der Waals surface area (Å²) in [6.45, 7) is 3.43. The lowest BCUT2D eigenvalue weighted by molar-refractivity contribution is -0.151. The second-order valence-corrected chi connectivity index (χ2v) is 6.88. The van der Waals surface area contributed by atoms with Crippen LogP contribution in [-0.4, -0.2) is 60.0 Å². The van der Waals surface area contributed by atoms with Gasteiger partial charge in [-0.2, -0.15) is 13.2 Å². The van der Waals surface area contributed by atoms with Gasteiger partial charge >= 0.3 is 6.18 Å². The van der Waals surface area contributed by atoms with Gasteiger partial charge in [-0.1, -0.05) is 6.07 Å². The number of alkyl halides is 3. The second kappa shape index (κ2) is 6.90. The number of hydrogen-bond donors (Lipinski definition) is 0. The molecule has 142 valence electrons. The van der Waals surface area contributed by atoms with Gasteiger partial charge in [-0.25, -0.2) is 0 Å². The van der Waals surface area contributed by atoms with Crippen LogP contribution in [0.15, 0.2) is 24.3 Å². The standard InChI is InChI=1S/C18H21F3N2O3/c1-13(24)22-7-3-6-17(11-22)12-23(8-9-26-17)16(25)14-4-2-5-15(10-14)18(19,20)21/h2,4-5,10H,3,6-9,11-12H2,1H3/t17-/m0/s1. The van der Waals surface area contributed by atoms with E-state index in [0.29, 0.717) is 32.7 Å². The molecule has 0 unspecified atom stereocenters. The van der Waals surface area contributed by atoms with Gasteiger partial charge < -0.3 is 14.5 Å². The monoisotopic (exact) mass is 370 g/mol. The number of carbonyl (C=O) groups excluding carboxylic acids is 2. The molecule has 1 spiro atoms. The fourth-order valence-corrected chi connectivity index (χ4v) is 3.64. The van der Waals surface area contributed by atoms with Crippen molar-refractivity contribution >= 4 is 11.8 Å². The Morgan fingerprint density at radius 2 is 1.88 bits per heavy atom. The van der Waals surface area contributed by atoms with E-state index in [1.165, 1.54) is 24.0 Å². The number of halogens is 3. The molecular formula is C18H21F3N2O3. The molecule has 26 heavy (non-hydrogen) atoms. The van der Waals surface area contributed by atoms with E-state index >= 15 is 0 Å². The molecule has 1 aromatic rings. The molecule has 0 aliphatic carbocycles. The Labute approximate surface area is 149 Å². The highest BCUT2D eigenvalue weighted by atomic mass is 19.4. The van der Waals surface area contributed by atoms with Crippen molar-refractivity contribution in [1.29, 1.82) is 0 Å². The molecule has 1 atom stereocenters. The number of amides is 2. The maximum Gasteiger partial charge on any atom is 0.416 e. The first-order valence-electron chi connectivity index (χ1n) is 8.56. The zero-order chi connectivity index (χ0) is 18.9. The van der Waals surface area contributed by atoms with Gasteiger partial charge in [0.15, 0.2) is 0 Å². The molecule has 5 nitrogen and oxygen atoms in total. The predicted molar refractivity (Wildman–Crippen MR) is 87.5 cm³/mol. The minimum Gasteiger partial charge on any atom is -0.369 e.